The largest absolute Gasteiger partial charge is 0.361 e. The van der Waals surface area contributed by atoms with E-state index < -0.39 is 16.1 Å². The summed E-state index contributed by atoms with van der Waals surface area (Å²) < 4.78 is 30.4. The van der Waals surface area contributed by atoms with E-state index in [0.29, 0.717) is 17.9 Å². The Balaban J connectivity index is 1.79. The molecule has 0 bridgehead atoms. The number of aromatic nitrogens is 1. The Morgan fingerprint density at radius 1 is 1.38 bits per heavy atom. The Hall–Kier alpha value is -2.19. The summed E-state index contributed by atoms with van der Waals surface area (Å²) in [6.07, 6.45) is 1.48. The lowest BCUT2D eigenvalue weighted by Gasteiger charge is -2.34. The van der Waals surface area contributed by atoms with Crippen LogP contribution in [0.15, 0.2) is 34.9 Å². The molecule has 7 nitrogen and oxygen atoms in total. The van der Waals surface area contributed by atoms with Crippen molar-refractivity contribution in [3.05, 3.63) is 52.9 Å². The summed E-state index contributed by atoms with van der Waals surface area (Å²) in [6, 6.07) is 8.54. The van der Waals surface area contributed by atoms with E-state index in [1.165, 1.54) is 4.31 Å². The Bertz CT molecular complexity index is 860. The third-order valence-electron chi connectivity index (χ3n) is 4.05. The molecule has 1 aliphatic heterocycles. The molecule has 8 heteroatoms. The van der Waals surface area contributed by atoms with Crippen molar-refractivity contribution in [1.82, 2.24) is 14.8 Å². The van der Waals surface area contributed by atoms with Gasteiger partial charge in [0.25, 0.3) is 0 Å². The minimum absolute atomic E-state index is 0.200. The maximum Gasteiger partial charge on any atom is 0.239 e. The number of hydrogen-bond donors (Lipinski definition) is 1. The highest BCUT2D eigenvalue weighted by Crippen LogP contribution is 2.25. The van der Waals surface area contributed by atoms with E-state index in [0.717, 1.165) is 17.4 Å². The average molecular weight is 349 g/mol. The number of sulfonamides is 1. The van der Waals surface area contributed by atoms with Crippen molar-refractivity contribution in [1.29, 1.82) is 0 Å². The van der Waals surface area contributed by atoms with Crippen molar-refractivity contribution < 1.29 is 17.7 Å². The van der Waals surface area contributed by atoms with Gasteiger partial charge in [0.2, 0.25) is 15.9 Å². The number of carbonyl (C=O) groups is 1. The zero-order valence-corrected chi connectivity index (χ0v) is 14.3. The number of aryl methyl sites for hydroxylation is 1. The van der Waals surface area contributed by atoms with Crippen LogP contribution in [0.5, 0.6) is 0 Å². The molecule has 1 aromatic heterocycles. The predicted molar refractivity (Wildman–Crippen MR) is 87.4 cm³/mol. The SMILES string of the molecule is Cc1cc(CNC(=O)C2Cc3ccccc3CN2S(C)(=O)=O)no1. The number of hydrogen-bond acceptors (Lipinski definition) is 5. The fourth-order valence-corrected chi connectivity index (χ4v) is 3.87. The van der Waals surface area contributed by atoms with Gasteiger partial charge in [-0.05, 0) is 24.5 Å². The van der Waals surface area contributed by atoms with Crippen LogP contribution < -0.4 is 5.32 Å². The van der Waals surface area contributed by atoms with Crippen LogP contribution >= 0.6 is 0 Å². The molecule has 1 aromatic carbocycles. The number of amides is 1. The lowest BCUT2D eigenvalue weighted by atomic mass is 9.95. The first-order chi connectivity index (χ1) is 11.3. The van der Waals surface area contributed by atoms with Crippen molar-refractivity contribution in [3.8, 4) is 0 Å². The van der Waals surface area contributed by atoms with Crippen molar-refractivity contribution >= 4 is 15.9 Å². The van der Waals surface area contributed by atoms with Gasteiger partial charge in [-0.1, -0.05) is 29.4 Å². The maximum absolute atomic E-state index is 12.6. The molecule has 0 spiro atoms. The van der Waals surface area contributed by atoms with Crippen LogP contribution in [0.4, 0.5) is 0 Å². The molecule has 0 saturated heterocycles. The molecule has 1 unspecified atom stereocenters. The predicted octanol–water partition coefficient (Wildman–Crippen LogP) is 0.986. The molecule has 24 heavy (non-hydrogen) atoms. The molecule has 0 aliphatic carbocycles. The lowest BCUT2D eigenvalue weighted by Crippen LogP contribution is -2.52. The second-order valence-electron chi connectivity index (χ2n) is 5.94. The summed E-state index contributed by atoms with van der Waals surface area (Å²) in [7, 11) is -3.50. The van der Waals surface area contributed by atoms with Crippen LogP contribution in [0, 0.1) is 6.92 Å². The number of benzene rings is 1. The Morgan fingerprint density at radius 2 is 2.08 bits per heavy atom. The van der Waals surface area contributed by atoms with E-state index in [1.807, 2.05) is 24.3 Å². The highest BCUT2D eigenvalue weighted by Gasteiger charge is 2.36. The number of nitrogens with one attached hydrogen (secondary N) is 1. The third-order valence-corrected chi connectivity index (χ3v) is 5.29. The first-order valence-corrected chi connectivity index (χ1v) is 9.43. The Kier molecular flexibility index (Phi) is 4.42. The van der Waals surface area contributed by atoms with Gasteiger partial charge in [0.15, 0.2) is 0 Å². The van der Waals surface area contributed by atoms with E-state index >= 15 is 0 Å². The molecule has 128 valence electrons. The molecular formula is C16H19N3O4S. The van der Waals surface area contributed by atoms with E-state index in [-0.39, 0.29) is 19.0 Å². The first-order valence-electron chi connectivity index (χ1n) is 7.58. The second-order valence-corrected chi connectivity index (χ2v) is 7.88. The van der Waals surface area contributed by atoms with Crippen LogP contribution in [-0.2, 0) is 34.3 Å². The molecule has 1 aliphatic rings. The summed E-state index contributed by atoms with van der Waals surface area (Å²) in [5.41, 5.74) is 2.52. The molecule has 3 rings (SSSR count). The van der Waals surface area contributed by atoms with Gasteiger partial charge in [-0.25, -0.2) is 8.42 Å². The maximum atomic E-state index is 12.6. The van der Waals surface area contributed by atoms with Crippen LogP contribution in [0.2, 0.25) is 0 Å². The normalized spacial score (nSPS) is 18.2. The minimum atomic E-state index is -3.50. The van der Waals surface area contributed by atoms with Gasteiger partial charge in [0.05, 0.1) is 12.8 Å². The number of nitrogens with zero attached hydrogens (tertiary/aromatic N) is 2. The second kappa shape index (κ2) is 6.37. The van der Waals surface area contributed by atoms with Gasteiger partial charge in [-0.15, -0.1) is 0 Å². The molecule has 1 N–H and O–H groups in total. The lowest BCUT2D eigenvalue weighted by molar-refractivity contribution is -0.125. The molecule has 1 atom stereocenters. The van der Waals surface area contributed by atoms with Gasteiger partial charge in [-0.3, -0.25) is 4.79 Å². The molecule has 2 heterocycles. The Labute approximate surface area is 140 Å². The Morgan fingerprint density at radius 3 is 2.71 bits per heavy atom. The van der Waals surface area contributed by atoms with Crippen molar-refractivity contribution in [2.24, 2.45) is 0 Å². The molecule has 0 radical (unpaired) electrons. The monoisotopic (exact) mass is 349 g/mol. The van der Waals surface area contributed by atoms with Crippen LogP contribution in [0.1, 0.15) is 22.6 Å². The minimum Gasteiger partial charge on any atom is -0.361 e. The quantitative estimate of drug-likeness (QED) is 0.888. The van der Waals surface area contributed by atoms with E-state index in [9.17, 15) is 13.2 Å². The van der Waals surface area contributed by atoms with Gasteiger partial charge >= 0.3 is 0 Å². The van der Waals surface area contributed by atoms with Gasteiger partial charge in [0, 0.05) is 12.6 Å². The van der Waals surface area contributed by atoms with E-state index in [4.69, 9.17) is 4.52 Å². The summed E-state index contributed by atoms with van der Waals surface area (Å²) in [5.74, 6) is 0.319. The van der Waals surface area contributed by atoms with E-state index in [2.05, 4.69) is 10.5 Å². The summed E-state index contributed by atoms with van der Waals surface area (Å²) >= 11 is 0. The smallest absolute Gasteiger partial charge is 0.239 e. The van der Waals surface area contributed by atoms with Crippen LogP contribution in [-0.4, -0.2) is 36.1 Å². The molecule has 0 fully saturated rings. The molecule has 1 amide bonds. The fourth-order valence-electron chi connectivity index (χ4n) is 2.87. The highest BCUT2D eigenvalue weighted by molar-refractivity contribution is 7.88. The van der Waals surface area contributed by atoms with E-state index in [1.54, 1.807) is 13.0 Å². The zero-order chi connectivity index (χ0) is 17.3. The fraction of sp³-hybridized carbons (Fsp3) is 0.375. The highest BCUT2D eigenvalue weighted by atomic mass is 32.2. The zero-order valence-electron chi connectivity index (χ0n) is 13.5. The van der Waals surface area contributed by atoms with Gasteiger partial charge in [0.1, 0.15) is 17.5 Å². The summed E-state index contributed by atoms with van der Waals surface area (Å²) in [5, 5.41) is 6.56. The third kappa shape index (κ3) is 3.49. The molecule has 0 saturated carbocycles. The molecule has 2 aromatic rings. The van der Waals surface area contributed by atoms with Crippen LogP contribution in [0.25, 0.3) is 0 Å². The number of fused-ring (bicyclic) bond motifs is 1. The standard InChI is InChI=1S/C16H19N3O4S/c1-11-7-14(18-23-11)9-17-16(20)15-8-12-5-3-4-6-13(12)10-19(15)24(2,21)22/h3-7,15H,8-10H2,1-2H3,(H,17,20). The summed E-state index contributed by atoms with van der Waals surface area (Å²) in [6.45, 7) is 2.17. The van der Waals surface area contributed by atoms with Gasteiger partial charge in [-0.2, -0.15) is 4.31 Å². The van der Waals surface area contributed by atoms with Crippen molar-refractivity contribution in [2.75, 3.05) is 6.26 Å². The summed E-state index contributed by atoms with van der Waals surface area (Å²) in [4.78, 5) is 12.6. The number of rotatable bonds is 4. The van der Waals surface area contributed by atoms with Gasteiger partial charge < -0.3 is 9.84 Å². The first kappa shape index (κ1) is 16.7. The average Bonchev–Trinajstić information content (AvgIpc) is 2.96. The van der Waals surface area contributed by atoms with Crippen LogP contribution in [0.3, 0.4) is 0 Å². The number of carbonyl (C=O) groups excluding carboxylic acids is 1. The van der Waals surface area contributed by atoms with Crippen molar-refractivity contribution in [2.45, 2.75) is 32.5 Å². The van der Waals surface area contributed by atoms with Crippen molar-refractivity contribution in [3.63, 3.8) is 0 Å². The molecular weight excluding hydrogens is 330 g/mol. The topological polar surface area (TPSA) is 92.5 Å².